The van der Waals surface area contributed by atoms with E-state index in [0.717, 1.165) is 0 Å². The average molecular weight is 290 g/mol. The number of hydrogen-bond acceptors (Lipinski definition) is 6. The Morgan fingerprint density at radius 3 is 1.50 bits per heavy atom. The van der Waals surface area contributed by atoms with Crippen molar-refractivity contribution < 1.29 is 29.3 Å². The van der Waals surface area contributed by atoms with E-state index < -0.39 is 12.2 Å². The Labute approximate surface area is 120 Å². The molecule has 0 fully saturated rings. The first-order chi connectivity index (χ1) is 9.51. The van der Waals surface area contributed by atoms with Crippen molar-refractivity contribution in [3.63, 3.8) is 0 Å². The van der Waals surface area contributed by atoms with Gasteiger partial charge in [-0.15, -0.1) is 0 Å². The van der Waals surface area contributed by atoms with Crippen LogP contribution < -0.4 is 0 Å². The second kappa shape index (κ2) is 11.7. The summed E-state index contributed by atoms with van der Waals surface area (Å²) in [5.74, 6) is -0.606. The normalized spacial score (nSPS) is 13.6. The highest BCUT2D eigenvalue weighted by Gasteiger charge is 2.17. The Hall–Kier alpha value is -1.14. The standard InChI is InChI=1S/C14H26O6/c1-3-5-13(17)19-9-7-11(15)12(16)8-10-20-14(18)6-4-2/h11-12,15-16H,3-10H2,1-2H3. The van der Waals surface area contributed by atoms with Crippen molar-refractivity contribution in [1.29, 1.82) is 0 Å². The molecule has 0 radical (unpaired) electrons. The summed E-state index contributed by atoms with van der Waals surface area (Å²) in [6.07, 6.45) is 0.487. The molecule has 0 amide bonds. The Balaban J connectivity index is 3.67. The second-order valence-electron chi connectivity index (χ2n) is 4.65. The first kappa shape index (κ1) is 18.9. The van der Waals surface area contributed by atoms with Gasteiger partial charge in [-0.25, -0.2) is 0 Å². The van der Waals surface area contributed by atoms with Gasteiger partial charge in [0.05, 0.1) is 25.4 Å². The topological polar surface area (TPSA) is 93.1 Å². The van der Waals surface area contributed by atoms with E-state index in [-0.39, 0.29) is 38.0 Å². The molecule has 0 heterocycles. The Kier molecular flexibility index (Phi) is 11.0. The second-order valence-corrected chi connectivity index (χ2v) is 4.65. The summed E-state index contributed by atoms with van der Waals surface area (Å²) < 4.78 is 9.76. The Morgan fingerprint density at radius 2 is 1.20 bits per heavy atom. The summed E-state index contributed by atoms with van der Waals surface area (Å²) in [5.41, 5.74) is 0. The molecular formula is C14H26O6. The quantitative estimate of drug-likeness (QED) is 0.555. The van der Waals surface area contributed by atoms with Crippen LogP contribution in [0.15, 0.2) is 0 Å². The van der Waals surface area contributed by atoms with E-state index in [4.69, 9.17) is 9.47 Å². The summed E-state index contributed by atoms with van der Waals surface area (Å²) in [4.78, 5) is 22.2. The van der Waals surface area contributed by atoms with Crippen LogP contribution in [0, 0.1) is 0 Å². The van der Waals surface area contributed by atoms with E-state index in [1.165, 1.54) is 0 Å². The minimum Gasteiger partial charge on any atom is -0.466 e. The fourth-order valence-corrected chi connectivity index (χ4v) is 1.52. The molecule has 2 N–H and O–H groups in total. The average Bonchev–Trinajstić information content (AvgIpc) is 2.39. The lowest BCUT2D eigenvalue weighted by Gasteiger charge is -2.17. The van der Waals surface area contributed by atoms with Crippen molar-refractivity contribution in [3.8, 4) is 0 Å². The zero-order valence-corrected chi connectivity index (χ0v) is 12.3. The molecule has 0 saturated carbocycles. The van der Waals surface area contributed by atoms with Gasteiger partial charge in [0.25, 0.3) is 0 Å². The molecule has 0 saturated heterocycles. The van der Waals surface area contributed by atoms with Crippen molar-refractivity contribution in [3.05, 3.63) is 0 Å². The minimum atomic E-state index is -0.991. The number of aliphatic hydroxyl groups excluding tert-OH is 2. The lowest BCUT2D eigenvalue weighted by molar-refractivity contribution is -0.147. The number of carbonyl (C=O) groups excluding carboxylic acids is 2. The van der Waals surface area contributed by atoms with Crippen LogP contribution in [0.4, 0.5) is 0 Å². The van der Waals surface area contributed by atoms with Crippen LogP contribution in [0.5, 0.6) is 0 Å². The molecular weight excluding hydrogens is 264 g/mol. The van der Waals surface area contributed by atoms with Crippen LogP contribution >= 0.6 is 0 Å². The van der Waals surface area contributed by atoms with Gasteiger partial charge in [0.1, 0.15) is 0 Å². The SMILES string of the molecule is CCCC(=O)OCCC(O)C(O)CCOC(=O)CCC. The van der Waals surface area contributed by atoms with Crippen LogP contribution in [0.3, 0.4) is 0 Å². The molecule has 6 nitrogen and oxygen atoms in total. The van der Waals surface area contributed by atoms with Gasteiger partial charge < -0.3 is 19.7 Å². The highest BCUT2D eigenvalue weighted by atomic mass is 16.5. The molecule has 6 heteroatoms. The van der Waals surface area contributed by atoms with E-state index in [1.807, 2.05) is 13.8 Å². The lowest BCUT2D eigenvalue weighted by Crippen LogP contribution is -2.29. The van der Waals surface area contributed by atoms with Crippen LogP contribution in [-0.2, 0) is 19.1 Å². The zero-order chi connectivity index (χ0) is 15.4. The summed E-state index contributed by atoms with van der Waals surface area (Å²) >= 11 is 0. The van der Waals surface area contributed by atoms with Crippen molar-refractivity contribution in [2.75, 3.05) is 13.2 Å². The smallest absolute Gasteiger partial charge is 0.305 e. The van der Waals surface area contributed by atoms with Gasteiger partial charge in [-0.3, -0.25) is 9.59 Å². The van der Waals surface area contributed by atoms with Crippen LogP contribution in [0.2, 0.25) is 0 Å². The fraction of sp³-hybridized carbons (Fsp3) is 0.857. The molecule has 20 heavy (non-hydrogen) atoms. The van der Waals surface area contributed by atoms with Crippen LogP contribution in [0.1, 0.15) is 52.4 Å². The molecule has 0 rings (SSSR count). The molecule has 0 aliphatic carbocycles. The van der Waals surface area contributed by atoms with Crippen LogP contribution in [0.25, 0.3) is 0 Å². The first-order valence-corrected chi connectivity index (χ1v) is 7.18. The molecule has 0 bridgehead atoms. The number of hydrogen-bond donors (Lipinski definition) is 2. The van der Waals surface area contributed by atoms with Crippen molar-refractivity contribution in [2.24, 2.45) is 0 Å². The number of aliphatic hydroxyl groups is 2. The summed E-state index contributed by atoms with van der Waals surface area (Å²) in [6.45, 7) is 3.90. The third kappa shape index (κ3) is 9.75. The van der Waals surface area contributed by atoms with E-state index in [2.05, 4.69) is 0 Å². The highest BCUT2D eigenvalue weighted by molar-refractivity contribution is 5.69. The predicted octanol–water partition coefficient (Wildman–Crippen LogP) is 1.17. The zero-order valence-electron chi connectivity index (χ0n) is 12.3. The number of rotatable bonds is 11. The predicted molar refractivity (Wildman–Crippen MR) is 73.0 cm³/mol. The van der Waals surface area contributed by atoms with E-state index in [0.29, 0.717) is 25.7 Å². The maximum atomic E-state index is 11.1. The molecule has 0 aliphatic rings. The van der Waals surface area contributed by atoms with Gasteiger partial charge in [-0.1, -0.05) is 13.8 Å². The molecule has 0 aromatic rings. The summed E-state index contributed by atoms with van der Waals surface area (Å²) in [5, 5.41) is 19.3. The van der Waals surface area contributed by atoms with Crippen molar-refractivity contribution in [1.82, 2.24) is 0 Å². The van der Waals surface area contributed by atoms with Gasteiger partial charge in [-0.2, -0.15) is 0 Å². The number of esters is 2. The third-order valence-electron chi connectivity index (χ3n) is 2.71. The van der Waals surface area contributed by atoms with Gasteiger partial charge in [0.15, 0.2) is 0 Å². The largest absolute Gasteiger partial charge is 0.466 e. The number of ether oxygens (including phenoxy) is 2. The van der Waals surface area contributed by atoms with Gasteiger partial charge >= 0.3 is 11.9 Å². The fourth-order valence-electron chi connectivity index (χ4n) is 1.52. The third-order valence-corrected chi connectivity index (χ3v) is 2.71. The molecule has 0 aromatic carbocycles. The summed E-state index contributed by atoms with van der Waals surface area (Å²) in [7, 11) is 0. The minimum absolute atomic E-state index is 0.0761. The molecule has 2 atom stereocenters. The maximum absolute atomic E-state index is 11.1. The number of carbonyl (C=O) groups is 2. The van der Waals surface area contributed by atoms with E-state index >= 15 is 0 Å². The van der Waals surface area contributed by atoms with Crippen LogP contribution in [-0.4, -0.2) is 47.6 Å². The van der Waals surface area contributed by atoms with E-state index in [1.54, 1.807) is 0 Å². The van der Waals surface area contributed by atoms with Crippen molar-refractivity contribution in [2.45, 2.75) is 64.6 Å². The van der Waals surface area contributed by atoms with Gasteiger partial charge in [0, 0.05) is 25.7 Å². The lowest BCUT2D eigenvalue weighted by atomic mass is 10.1. The Morgan fingerprint density at radius 1 is 0.850 bits per heavy atom. The molecule has 0 spiro atoms. The Bertz CT molecular complexity index is 251. The summed E-state index contributed by atoms with van der Waals surface area (Å²) in [6, 6.07) is 0. The van der Waals surface area contributed by atoms with Gasteiger partial charge in [-0.05, 0) is 12.8 Å². The molecule has 0 aromatic heterocycles. The maximum Gasteiger partial charge on any atom is 0.305 e. The molecule has 118 valence electrons. The monoisotopic (exact) mass is 290 g/mol. The van der Waals surface area contributed by atoms with Gasteiger partial charge in [0.2, 0.25) is 0 Å². The van der Waals surface area contributed by atoms with Crippen molar-refractivity contribution >= 4 is 11.9 Å². The molecule has 2 unspecified atom stereocenters. The first-order valence-electron chi connectivity index (χ1n) is 7.18. The molecule has 0 aliphatic heterocycles. The highest BCUT2D eigenvalue weighted by Crippen LogP contribution is 2.05. The van der Waals surface area contributed by atoms with E-state index in [9.17, 15) is 19.8 Å².